The number of nitrogens with zero attached hydrogens (tertiary/aromatic N) is 1. The van der Waals surface area contributed by atoms with E-state index < -0.39 is 7.12 Å². The highest BCUT2D eigenvalue weighted by atomic mass is 16.4. The van der Waals surface area contributed by atoms with E-state index in [-0.39, 0.29) is 0 Å². The van der Waals surface area contributed by atoms with Crippen LogP contribution in [0, 0.1) is 0 Å². The summed E-state index contributed by atoms with van der Waals surface area (Å²) in [5.74, 6) is 0. The standard InChI is InChI=1S/C30H20BNO2.C2H6/c33-31(34)19-13-15-27-26-11-5-6-12-29(26)32(30(27)17-19)20-14-16-25-23-9-2-1-7-21(23)22-8-3-4-10-24(22)28(25)18-20;1-2/h1-18,33-34H;1-2H3. The molecule has 0 spiro atoms. The maximum Gasteiger partial charge on any atom is 0.488 e. The quantitative estimate of drug-likeness (QED) is 0.214. The second kappa shape index (κ2) is 8.83. The first-order chi connectivity index (χ1) is 17.7. The minimum atomic E-state index is -1.51. The van der Waals surface area contributed by atoms with Gasteiger partial charge in [-0.05, 0) is 62.0 Å². The fourth-order valence-corrected chi connectivity index (χ4v) is 5.46. The summed E-state index contributed by atoms with van der Waals surface area (Å²) in [4.78, 5) is 0. The van der Waals surface area contributed by atoms with Gasteiger partial charge >= 0.3 is 7.12 Å². The van der Waals surface area contributed by atoms with Crippen molar-refractivity contribution in [3.05, 3.63) is 109 Å². The molecular weight excluding hydrogens is 441 g/mol. The molecule has 4 heteroatoms. The van der Waals surface area contributed by atoms with Gasteiger partial charge in [-0.25, -0.2) is 0 Å². The number of para-hydroxylation sites is 1. The molecule has 0 saturated heterocycles. The lowest BCUT2D eigenvalue weighted by Crippen LogP contribution is -2.29. The van der Waals surface area contributed by atoms with Gasteiger partial charge in [0.25, 0.3) is 0 Å². The summed E-state index contributed by atoms with van der Waals surface area (Å²) in [6, 6.07) is 37.8. The number of hydrogen-bond donors (Lipinski definition) is 2. The molecule has 0 fully saturated rings. The fraction of sp³-hybridized carbons (Fsp3) is 0.0625. The molecule has 0 amide bonds. The number of rotatable bonds is 2. The van der Waals surface area contributed by atoms with Crippen LogP contribution < -0.4 is 5.46 Å². The van der Waals surface area contributed by atoms with E-state index >= 15 is 0 Å². The van der Waals surface area contributed by atoms with E-state index in [0.29, 0.717) is 5.46 Å². The summed E-state index contributed by atoms with van der Waals surface area (Å²) in [6.45, 7) is 4.00. The number of fused-ring (bicyclic) bond motifs is 9. The van der Waals surface area contributed by atoms with Gasteiger partial charge in [0.05, 0.1) is 11.0 Å². The van der Waals surface area contributed by atoms with Gasteiger partial charge in [-0.2, -0.15) is 0 Å². The van der Waals surface area contributed by atoms with Crippen molar-refractivity contribution < 1.29 is 10.0 Å². The van der Waals surface area contributed by atoms with E-state index in [1.807, 2.05) is 38.1 Å². The van der Waals surface area contributed by atoms with Crippen LogP contribution in [0.1, 0.15) is 13.8 Å². The van der Waals surface area contributed by atoms with Gasteiger partial charge in [0.15, 0.2) is 0 Å². The SMILES string of the molecule is CC.OB(O)c1ccc2c3ccccc3n(-c3ccc4c5ccccc5c5ccccc5c4c3)c2c1. The first kappa shape index (κ1) is 22.4. The molecule has 0 unspecified atom stereocenters. The maximum atomic E-state index is 9.83. The molecule has 0 radical (unpaired) electrons. The normalized spacial score (nSPS) is 11.3. The first-order valence-electron chi connectivity index (χ1n) is 12.4. The molecule has 7 aromatic rings. The van der Waals surface area contributed by atoms with Crippen LogP contribution in [0.3, 0.4) is 0 Å². The second-order valence-electron chi connectivity index (χ2n) is 8.82. The van der Waals surface area contributed by atoms with E-state index in [4.69, 9.17) is 0 Å². The molecule has 0 aliphatic carbocycles. The Morgan fingerprint density at radius 2 is 0.944 bits per heavy atom. The van der Waals surface area contributed by atoms with Gasteiger partial charge in [-0.1, -0.05) is 98.8 Å². The molecule has 1 aromatic heterocycles. The molecule has 1 heterocycles. The fourth-order valence-electron chi connectivity index (χ4n) is 5.46. The van der Waals surface area contributed by atoms with E-state index in [2.05, 4.69) is 83.4 Å². The Balaban J connectivity index is 0.00000117. The van der Waals surface area contributed by atoms with Crippen molar-refractivity contribution in [3.8, 4) is 5.69 Å². The van der Waals surface area contributed by atoms with Crippen LogP contribution in [0.4, 0.5) is 0 Å². The zero-order valence-corrected chi connectivity index (χ0v) is 20.3. The van der Waals surface area contributed by atoms with E-state index in [9.17, 15) is 10.0 Å². The third-order valence-electron chi connectivity index (χ3n) is 6.98. The average Bonchev–Trinajstić information content (AvgIpc) is 3.28. The topological polar surface area (TPSA) is 45.4 Å². The van der Waals surface area contributed by atoms with Gasteiger partial charge in [0.1, 0.15) is 0 Å². The van der Waals surface area contributed by atoms with Crippen molar-refractivity contribution >= 4 is 66.7 Å². The van der Waals surface area contributed by atoms with Gasteiger partial charge < -0.3 is 14.6 Å². The average molecular weight is 467 g/mol. The zero-order chi connectivity index (χ0) is 24.8. The smallest absolute Gasteiger partial charge is 0.423 e. The summed E-state index contributed by atoms with van der Waals surface area (Å²) in [6.07, 6.45) is 0. The van der Waals surface area contributed by atoms with Crippen LogP contribution in [0.25, 0.3) is 59.8 Å². The van der Waals surface area contributed by atoms with Crippen LogP contribution in [-0.4, -0.2) is 21.7 Å². The Labute approximate surface area is 210 Å². The number of hydrogen-bond acceptors (Lipinski definition) is 2. The molecule has 36 heavy (non-hydrogen) atoms. The van der Waals surface area contributed by atoms with Crippen LogP contribution in [0.15, 0.2) is 109 Å². The monoisotopic (exact) mass is 467 g/mol. The Bertz CT molecular complexity index is 1870. The van der Waals surface area contributed by atoms with Crippen molar-refractivity contribution in [3.63, 3.8) is 0 Å². The molecule has 6 aromatic carbocycles. The predicted octanol–water partition coefficient (Wildman–Crippen LogP) is 6.95. The van der Waals surface area contributed by atoms with Gasteiger partial charge in [0, 0.05) is 16.5 Å². The molecule has 7 rings (SSSR count). The van der Waals surface area contributed by atoms with Gasteiger partial charge in [-0.15, -0.1) is 0 Å². The molecule has 0 aliphatic rings. The van der Waals surface area contributed by atoms with Crippen molar-refractivity contribution in [2.45, 2.75) is 13.8 Å². The summed E-state index contributed by atoms with van der Waals surface area (Å²) < 4.78 is 2.22. The van der Waals surface area contributed by atoms with Crippen LogP contribution in [0.2, 0.25) is 0 Å². The van der Waals surface area contributed by atoms with Crippen molar-refractivity contribution in [1.29, 1.82) is 0 Å². The van der Waals surface area contributed by atoms with E-state index in [1.165, 1.54) is 32.3 Å². The maximum absolute atomic E-state index is 9.83. The Hall–Kier alpha value is -4.12. The van der Waals surface area contributed by atoms with Crippen molar-refractivity contribution in [2.75, 3.05) is 0 Å². The van der Waals surface area contributed by atoms with Crippen LogP contribution in [0.5, 0.6) is 0 Å². The molecule has 174 valence electrons. The Morgan fingerprint density at radius 3 is 1.56 bits per heavy atom. The lowest BCUT2D eigenvalue weighted by molar-refractivity contribution is 0.426. The molecule has 0 saturated carbocycles. The molecule has 2 N–H and O–H groups in total. The van der Waals surface area contributed by atoms with Crippen LogP contribution >= 0.6 is 0 Å². The highest BCUT2D eigenvalue weighted by molar-refractivity contribution is 6.59. The summed E-state index contributed by atoms with van der Waals surface area (Å²) in [7, 11) is -1.51. The highest BCUT2D eigenvalue weighted by Gasteiger charge is 2.17. The van der Waals surface area contributed by atoms with E-state index in [0.717, 1.165) is 27.5 Å². The largest absolute Gasteiger partial charge is 0.488 e. The lowest BCUT2D eigenvalue weighted by Gasteiger charge is -2.14. The summed E-state index contributed by atoms with van der Waals surface area (Å²) >= 11 is 0. The van der Waals surface area contributed by atoms with Crippen molar-refractivity contribution in [1.82, 2.24) is 4.57 Å². The number of aromatic nitrogens is 1. The molecule has 0 atom stereocenters. The number of benzene rings is 6. The highest BCUT2D eigenvalue weighted by Crippen LogP contribution is 2.38. The lowest BCUT2D eigenvalue weighted by atomic mass is 9.80. The molecular formula is C32H26BNO2. The Kier molecular flexibility index (Phi) is 5.48. The minimum absolute atomic E-state index is 0.480. The van der Waals surface area contributed by atoms with Gasteiger partial charge in [-0.3, -0.25) is 0 Å². The predicted molar refractivity (Wildman–Crippen MR) is 154 cm³/mol. The molecule has 3 nitrogen and oxygen atoms in total. The van der Waals surface area contributed by atoms with Gasteiger partial charge in [0.2, 0.25) is 0 Å². The minimum Gasteiger partial charge on any atom is -0.423 e. The first-order valence-corrected chi connectivity index (χ1v) is 12.4. The molecule has 0 aliphatic heterocycles. The summed E-state index contributed by atoms with van der Waals surface area (Å²) in [5, 5.41) is 29.3. The zero-order valence-electron chi connectivity index (χ0n) is 20.3. The van der Waals surface area contributed by atoms with Crippen LogP contribution in [-0.2, 0) is 0 Å². The third kappa shape index (κ3) is 3.30. The molecule has 0 bridgehead atoms. The van der Waals surface area contributed by atoms with E-state index in [1.54, 1.807) is 6.07 Å². The summed E-state index contributed by atoms with van der Waals surface area (Å²) in [5.41, 5.74) is 3.57. The second-order valence-corrected chi connectivity index (χ2v) is 8.82. The van der Waals surface area contributed by atoms with Crippen molar-refractivity contribution in [2.24, 2.45) is 0 Å². The Morgan fingerprint density at radius 1 is 0.472 bits per heavy atom. The third-order valence-corrected chi connectivity index (χ3v) is 6.98.